The molecule has 1 aliphatic heterocycles. The summed E-state index contributed by atoms with van der Waals surface area (Å²) in [6.45, 7) is 8.77. The van der Waals surface area contributed by atoms with Gasteiger partial charge in [-0.05, 0) is 0 Å². The van der Waals surface area contributed by atoms with Crippen molar-refractivity contribution in [2.24, 2.45) is 5.41 Å². The van der Waals surface area contributed by atoms with Crippen LogP contribution in [0.1, 0.15) is 20.8 Å². The Morgan fingerprint density at radius 2 is 1.33 bits per heavy atom. The van der Waals surface area contributed by atoms with Gasteiger partial charge in [0, 0.05) is 5.41 Å². The maximum atomic E-state index is 9.93. The molecule has 0 aromatic heterocycles. The molecule has 0 aromatic rings. The maximum absolute atomic E-state index is 11.2. The Hall–Kier alpha value is 0.318. The van der Waals surface area contributed by atoms with E-state index in [9.17, 15) is 16.9 Å². The van der Waals surface area contributed by atoms with Gasteiger partial charge in [-0.1, -0.05) is 20.8 Å². The van der Waals surface area contributed by atoms with Gasteiger partial charge in [-0.15, -0.1) is 0 Å². The number of hydrogen-bond acceptors (Lipinski definition) is 1. The molecule has 0 amide bonds. The molecule has 18 heavy (non-hydrogen) atoms. The Bertz CT molecular complexity index is 292. The standard InChI is InChI=1S/C9H20NO.6FH.Sb/c1-9(2,3)8-10(4,5)6-7-11-8;;;;;;;/h8H,6-7H2,1-5H3;6*1H;/q+1;;;;;;;+5/p-6. The van der Waals surface area contributed by atoms with Crippen LogP contribution < -0.4 is 0 Å². The zero-order valence-electron chi connectivity index (χ0n) is 11.1. The molecule has 0 N–H and O–H groups in total. The fourth-order valence-corrected chi connectivity index (χ4v) is 2.02. The number of ether oxygens (including phenoxy) is 1. The third-order valence-corrected chi connectivity index (χ3v) is 2.32. The third kappa shape index (κ3) is 10.3. The normalized spacial score (nSPS) is 27.8. The van der Waals surface area contributed by atoms with Crippen molar-refractivity contribution in [3.05, 3.63) is 0 Å². The Balaban J connectivity index is 0.000000360. The van der Waals surface area contributed by atoms with Gasteiger partial charge in [-0.3, -0.25) is 0 Å². The van der Waals surface area contributed by atoms with Crippen LogP contribution >= 0.6 is 0 Å². The van der Waals surface area contributed by atoms with Gasteiger partial charge < -0.3 is 9.22 Å². The molecular formula is C9H20F6NOSb. The molecule has 0 bridgehead atoms. The van der Waals surface area contributed by atoms with Gasteiger partial charge in [-0.2, -0.15) is 0 Å². The number of halogens is 6. The quantitative estimate of drug-likeness (QED) is 0.347. The Kier molecular flexibility index (Phi) is 4.23. The molecule has 1 aliphatic rings. The second-order valence-electron chi connectivity index (χ2n) is 6.05. The van der Waals surface area contributed by atoms with Crippen LogP contribution in [-0.4, -0.2) is 57.4 Å². The summed E-state index contributed by atoms with van der Waals surface area (Å²) in [6, 6.07) is 0. The van der Waals surface area contributed by atoms with E-state index in [-0.39, 0.29) is 5.41 Å². The van der Waals surface area contributed by atoms with Gasteiger partial charge in [0.05, 0.1) is 14.1 Å². The molecule has 0 aromatic carbocycles. The van der Waals surface area contributed by atoms with Crippen molar-refractivity contribution < 1.29 is 26.1 Å². The fourth-order valence-electron chi connectivity index (χ4n) is 2.02. The molecule has 9 heteroatoms. The Labute approximate surface area is 105 Å². The van der Waals surface area contributed by atoms with E-state index in [1.165, 1.54) is 0 Å². The van der Waals surface area contributed by atoms with Crippen molar-refractivity contribution >= 4 is 19.5 Å². The van der Waals surface area contributed by atoms with E-state index in [0.29, 0.717) is 6.23 Å². The van der Waals surface area contributed by atoms with Gasteiger partial charge in [0.2, 0.25) is 0 Å². The zero-order valence-corrected chi connectivity index (χ0v) is 13.6. The predicted molar refractivity (Wildman–Crippen MR) is 58.6 cm³/mol. The van der Waals surface area contributed by atoms with Crippen LogP contribution in [0.5, 0.6) is 0 Å². The number of quaternary nitrogens is 1. The first kappa shape index (κ1) is 18.3. The molecule has 1 rings (SSSR count). The summed E-state index contributed by atoms with van der Waals surface area (Å²) >= 11 is -11.2. The predicted octanol–water partition coefficient (Wildman–Crippen LogP) is 3.61. The van der Waals surface area contributed by atoms with Crippen LogP contribution in [0.2, 0.25) is 0 Å². The van der Waals surface area contributed by atoms with E-state index in [0.717, 1.165) is 17.6 Å². The van der Waals surface area contributed by atoms with Crippen molar-refractivity contribution in [3.8, 4) is 0 Å². The molecule has 0 spiro atoms. The molecule has 1 unspecified atom stereocenters. The summed E-state index contributed by atoms with van der Waals surface area (Å²) in [6.07, 6.45) is 0.363. The van der Waals surface area contributed by atoms with Crippen LogP contribution in [0.25, 0.3) is 0 Å². The van der Waals surface area contributed by atoms with E-state index in [1.807, 2.05) is 0 Å². The van der Waals surface area contributed by atoms with Crippen molar-refractivity contribution in [1.29, 1.82) is 0 Å². The number of likely N-dealkylation sites (N-methyl/N-ethyl adjacent to an activating group) is 1. The van der Waals surface area contributed by atoms with E-state index >= 15 is 0 Å². The Morgan fingerprint density at radius 1 is 1.00 bits per heavy atom. The summed E-state index contributed by atoms with van der Waals surface area (Å²) < 4.78 is 66.3. The molecular weight excluding hydrogens is 374 g/mol. The SMILES string of the molecule is CC(C)(C)C1OCC[N+]1(C)C.[F][Sb-]([F])([F])([F])([F])[F]. The molecule has 1 atom stereocenters. The summed E-state index contributed by atoms with van der Waals surface area (Å²) in [7, 11) is 4.48. The topological polar surface area (TPSA) is 9.23 Å². The number of hydrogen-bond donors (Lipinski definition) is 0. The molecule has 114 valence electrons. The minimum absolute atomic E-state index is 0.264. The second kappa shape index (κ2) is 4.15. The van der Waals surface area contributed by atoms with Gasteiger partial charge in [0.1, 0.15) is 13.2 Å². The van der Waals surface area contributed by atoms with Gasteiger partial charge in [0.15, 0.2) is 6.23 Å². The first-order chi connectivity index (χ1) is 7.29. The van der Waals surface area contributed by atoms with Crippen molar-refractivity contribution in [3.63, 3.8) is 0 Å². The van der Waals surface area contributed by atoms with Crippen LogP contribution in [0.4, 0.5) is 16.9 Å². The van der Waals surface area contributed by atoms with Crippen LogP contribution in [0.15, 0.2) is 0 Å². The number of nitrogens with zero attached hydrogens (tertiary/aromatic N) is 1. The first-order valence-electron chi connectivity index (χ1n) is 5.30. The van der Waals surface area contributed by atoms with Gasteiger partial charge >= 0.3 is 36.4 Å². The van der Waals surface area contributed by atoms with Crippen molar-refractivity contribution in [1.82, 2.24) is 0 Å². The van der Waals surface area contributed by atoms with E-state index < -0.39 is 19.5 Å². The fraction of sp³-hybridized carbons (Fsp3) is 1.00. The molecule has 0 radical (unpaired) electrons. The second-order valence-corrected chi connectivity index (χ2v) is 11.5. The van der Waals surface area contributed by atoms with Crippen LogP contribution in [-0.2, 0) is 4.74 Å². The summed E-state index contributed by atoms with van der Waals surface area (Å²) in [5, 5.41) is 0. The third-order valence-electron chi connectivity index (χ3n) is 2.32. The summed E-state index contributed by atoms with van der Waals surface area (Å²) in [5.74, 6) is 0. The van der Waals surface area contributed by atoms with Crippen LogP contribution in [0, 0.1) is 5.41 Å². The summed E-state index contributed by atoms with van der Waals surface area (Å²) in [5.41, 5.74) is 0.264. The van der Waals surface area contributed by atoms with Crippen LogP contribution in [0.3, 0.4) is 0 Å². The van der Waals surface area contributed by atoms with E-state index in [1.54, 1.807) is 0 Å². The first-order valence-corrected chi connectivity index (χ1v) is 11.1. The molecule has 1 saturated heterocycles. The molecule has 2 nitrogen and oxygen atoms in total. The van der Waals surface area contributed by atoms with Gasteiger partial charge in [0.25, 0.3) is 0 Å². The minimum atomic E-state index is -11.2. The van der Waals surface area contributed by atoms with E-state index in [2.05, 4.69) is 34.9 Å². The molecule has 1 heterocycles. The number of rotatable bonds is 0. The van der Waals surface area contributed by atoms with Crippen molar-refractivity contribution in [2.75, 3.05) is 27.2 Å². The summed E-state index contributed by atoms with van der Waals surface area (Å²) in [4.78, 5) is 0. The Morgan fingerprint density at radius 3 is 1.44 bits per heavy atom. The molecule has 0 aliphatic carbocycles. The zero-order chi connectivity index (χ0) is 15.1. The van der Waals surface area contributed by atoms with E-state index in [4.69, 9.17) is 4.74 Å². The average Bonchev–Trinajstić information content (AvgIpc) is 2.19. The van der Waals surface area contributed by atoms with Gasteiger partial charge in [-0.25, -0.2) is 0 Å². The average molecular weight is 394 g/mol. The molecule has 1 fully saturated rings. The monoisotopic (exact) mass is 393 g/mol. The van der Waals surface area contributed by atoms with Crippen molar-refractivity contribution in [2.45, 2.75) is 27.0 Å². The molecule has 0 saturated carbocycles.